The molecule has 5 heterocycles. The Hall–Kier alpha value is -2.17. The topological polar surface area (TPSA) is 154 Å². The Labute approximate surface area is 236 Å². The molecule has 0 spiro atoms. The minimum absolute atomic E-state index is 0.0163. The summed E-state index contributed by atoms with van der Waals surface area (Å²) in [5, 5.41) is 21.5. The molecule has 11 nitrogen and oxygen atoms in total. The van der Waals surface area contributed by atoms with Gasteiger partial charge in [-0.1, -0.05) is 35.0 Å². The fraction of sp³-hybridized carbons (Fsp3) is 0.250. The molecule has 3 N–H and O–H groups in total. The summed E-state index contributed by atoms with van der Waals surface area (Å²) >= 11 is 17.5. The molecular formula is C20H15Cl2N7O4S4. The summed E-state index contributed by atoms with van der Waals surface area (Å²) < 4.78 is 0. The van der Waals surface area contributed by atoms with Gasteiger partial charge in [-0.3, -0.25) is 24.6 Å². The van der Waals surface area contributed by atoms with Gasteiger partial charge in [0.15, 0.2) is 5.65 Å². The fourth-order valence-electron chi connectivity index (χ4n) is 3.61. The fourth-order valence-corrected chi connectivity index (χ4v) is 8.77. The molecule has 2 unspecified atom stereocenters. The number of aliphatic carboxylic acids is 1. The molecule has 3 aromatic heterocycles. The van der Waals surface area contributed by atoms with E-state index in [4.69, 9.17) is 23.2 Å². The zero-order chi connectivity index (χ0) is 26.1. The first-order valence-corrected chi connectivity index (χ1v) is 15.1. The number of nitrogens with zero attached hydrogens (tertiary/aromatic N) is 5. The average molecular weight is 617 g/mol. The summed E-state index contributed by atoms with van der Waals surface area (Å²) in [6.45, 7) is 0. The van der Waals surface area contributed by atoms with Crippen molar-refractivity contribution in [3.63, 3.8) is 0 Å². The normalized spacial score (nSPS) is 19.1. The Morgan fingerprint density at radius 1 is 1.19 bits per heavy atom. The molecule has 192 valence electrons. The zero-order valence-electron chi connectivity index (χ0n) is 18.4. The van der Waals surface area contributed by atoms with Crippen molar-refractivity contribution in [2.75, 3.05) is 16.6 Å². The highest BCUT2D eigenvalue weighted by Gasteiger charge is 2.54. The van der Waals surface area contributed by atoms with E-state index < -0.39 is 23.3 Å². The number of thioether (sulfide) groups is 4. The predicted octanol–water partition coefficient (Wildman–Crippen LogP) is 3.33. The minimum Gasteiger partial charge on any atom is -0.477 e. The quantitative estimate of drug-likeness (QED) is 0.140. The first-order chi connectivity index (χ1) is 17.8. The second kappa shape index (κ2) is 11.3. The number of hydrogen-bond donors (Lipinski definition) is 3. The maximum Gasteiger partial charge on any atom is 0.353 e. The molecule has 37 heavy (non-hydrogen) atoms. The van der Waals surface area contributed by atoms with Crippen LogP contribution in [0.5, 0.6) is 0 Å². The zero-order valence-corrected chi connectivity index (χ0v) is 23.2. The van der Waals surface area contributed by atoms with Crippen LogP contribution in [-0.4, -0.2) is 80.9 Å². The van der Waals surface area contributed by atoms with Crippen molar-refractivity contribution >= 4 is 99.1 Å². The highest BCUT2D eigenvalue weighted by atomic mass is 35.5. The van der Waals surface area contributed by atoms with Gasteiger partial charge in [-0.2, -0.15) is 5.10 Å². The van der Waals surface area contributed by atoms with Gasteiger partial charge in [0.2, 0.25) is 5.91 Å². The number of rotatable bonds is 9. The van der Waals surface area contributed by atoms with Gasteiger partial charge < -0.3 is 10.4 Å². The van der Waals surface area contributed by atoms with Crippen molar-refractivity contribution in [1.82, 2.24) is 35.4 Å². The Morgan fingerprint density at radius 2 is 1.97 bits per heavy atom. The van der Waals surface area contributed by atoms with Gasteiger partial charge in [0.1, 0.15) is 28.5 Å². The van der Waals surface area contributed by atoms with Gasteiger partial charge in [-0.15, -0.1) is 35.3 Å². The first kappa shape index (κ1) is 26.4. The van der Waals surface area contributed by atoms with E-state index in [1.165, 1.54) is 58.9 Å². The van der Waals surface area contributed by atoms with Gasteiger partial charge in [0.25, 0.3) is 5.91 Å². The number of H-pyrrole nitrogens is 1. The van der Waals surface area contributed by atoms with Crippen LogP contribution in [0.1, 0.15) is 0 Å². The third kappa shape index (κ3) is 5.38. The molecule has 17 heteroatoms. The summed E-state index contributed by atoms with van der Waals surface area (Å²) in [4.78, 5) is 52.1. The molecule has 2 atom stereocenters. The Balaban J connectivity index is 1.21. The number of carboxylic acid groups (broad SMARTS) is 1. The SMILES string of the molecule is O=C(CSc1c(Cl)cncc1Cl)NC1C(=O)N2C(C(=O)O)=C(SCSc3ncnc4[nH]ncc34)CSC12. The van der Waals surface area contributed by atoms with Gasteiger partial charge in [0.05, 0.1) is 27.4 Å². The van der Waals surface area contributed by atoms with Crippen LogP contribution < -0.4 is 5.32 Å². The highest BCUT2D eigenvalue weighted by Crippen LogP contribution is 2.44. The third-order valence-electron chi connectivity index (χ3n) is 5.25. The molecule has 5 rings (SSSR count). The van der Waals surface area contributed by atoms with E-state index in [0.29, 0.717) is 36.3 Å². The Bertz CT molecular complexity index is 1420. The molecule has 2 amide bonds. The number of carboxylic acids is 1. The molecule has 0 bridgehead atoms. The predicted molar refractivity (Wildman–Crippen MR) is 145 cm³/mol. The molecule has 1 fully saturated rings. The molecule has 0 aromatic carbocycles. The van der Waals surface area contributed by atoms with Crippen LogP contribution in [0.25, 0.3) is 11.0 Å². The van der Waals surface area contributed by atoms with Gasteiger partial charge in [0, 0.05) is 33.0 Å². The Kier molecular flexibility index (Phi) is 8.07. The third-order valence-corrected chi connectivity index (χ3v) is 10.9. The van der Waals surface area contributed by atoms with E-state index in [9.17, 15) is 19.5 Å². The van der Waals surface area contributed by atoms with E-state index in [-0.39, 0.29) is 17.4 Å². The van der Waals surface area contributed by atoms with E-state index in [1.807, 2.05) is 0 Å². The summed E-state index contributed by atoms with van der Waals surface area (Å²) in [5.41, 5.74) is 0.569. The van der Waals surface area contributed by atoms with Gasteiger partial charge in [-0.25, -0.2) is 14.8 Å². The van der Waals surface area contributed by atoms with E-state index >= 15 is 0 Å². The monoisotopic (exact) mass is 615 g/mol. The number of pyridine rings is 1. The average Bonchev–Trinajstić information content (AvgIpc) is 3.36. The lowest BCUT2D eigenvalue weighted by atomic mass is 10.1. The summed E-state index contributed by atoms with van der Waals surface area (Å²) in [7, 11) is 0. The van der Waals surface area contributed by atoms with Gasteiger partial charge >= 0.3 is 5.97 Å². The lowest BCUT2D eigenvalue weighted by Gasteiger charge is -2.49. The molecule has 0 aliphatic carbocycles. The summed E-state index contributed by atoms with van der Waals surface area (Å²) in [6.07, 6.45) is 5.93. The Morgan fingerprint density at radius 3 is 2.73 bits per heavy atom. The molecule has 2 aliphatic rings. The van der Waals surface area contributed by atoms with Crippen LogP contribution in [-0.2, 0) is 14.4 Å². The van der Waals surface area contributed by atoms with Crippen LogP contribution in [0, 0.1) is 0 Å². The highest BCUT2D eigenvalue weighted by molar-refractivity contribution is 8.18. The summed E-state index contributed by atoms with van der Waals surface area (Å²) in [5.74, 6) is -1.66. The van der Waals surface area contributed by atoms with E-state index in [2.05, 4.69) is 30.5 Å². The smallest absolute Gasteiger partial charge is 0.353 e. The molecule has 0 radical (unpaired) electrons. The van der Waals surface area contributed by atoms with Crippen LogP contribution in [0.4, 0.5) is 0 Å². The number of hydrogen-bond acceptors (Lipinski definition) is 11. The lowest BCUT2D eigenvalue weighted by molar-refractivity contribution is -0.150. The number of amides is 2. The second-order valence-electron chi connectivity index (χ2n) is 7.47. The van der Waals surface area contributed by atoms with Crippen molar-refractivity contribution in [3.05, 3.63) is 45.6 Å². The number of carbonyl (C=O) groups excluding carboxylic acids is 2. The molecule has 2 aliphatic heterocycles. The van der Waals surface area contributed by atoms with Crippen LogP contribution >= 0.6 is 70.2 Å². The largest absolute Gasteiger partial charge is 0.477 e. The van der Waals surface area contributed by atoms with Crippen LogP contribution in [0.15, 0.2) is 45.4 Å². The minimum atomic E-state index is -1.19. The molecule has 3 aromatic rings. The second-order valence-corrected chi connectivity index (χ2v) is 12.8. The lowest BCUT2D eigenvalue weighted by Crippen LogP contribution is -2.70. The van der Waals surface area contributed by atoms with E-state index in [1.54, 1.807) is 6.20 Å². The number of aromatic amines is 1. The van der Waals surface area contributed by atoms with E-state index in [0.717, 1.165) is 22.2 Å². The van der Waals surface area contributed by atoms with Crippen molar-refractivity contribution < 1.29 is 19.5 Å². The van der Waals surface area contributed by atoms with Crippen molar-refractivity contribution in [1.29, 1.82) is 0 Å². The van der Waals surface area contributed by atoms with Crippen LogP contribution in [0.3, 0.4) is 0 Å². The molecular weight excluding hydrogens is 601 g/mol. The molecule has 0 saturated carbocycles. The number of nitrogens with one attached hydrogen (secondary N) is 2. The number of β-lactam (4-membered cyclic amide) rings is 1. The maximum atomic E-state index is 12.9. The van der Waals surface area contributed by atoms with Gasteiger partial charge in [-0.05, 0) is 0 Å². The number of halogens is 2. The standard InChI is InChI=1S/C20H15Cl2N7O4S4/c21-9-2-23-3-10(22)15(9)34-5-12(30)27-13-18(31)29-14(20(32)33)11(4-35-19(13)29)36-7-37-17-8-1-26-28-16(8)24-6-25-17/h1-3,6,13,19H,4-5,7H2,(H,27,30)(H,32,33)(H,24,25,26,28). The van der Waals surface area contributed by atoms with Crippen molar-refractivity contribution in [2.24, 2.45) is 0 Å². The maximum absolute atomic E-state index is 12.9. The number of aromatic nitrogens is 5. The van der Waals surface area contributed by atoms with Crippen LogP contribution in [0.2, 0.25) is 10.0 Å². The number of carbonyl (C=O) groups is 3. The van der Waals surface area contributed by atoms with Crippen molar-refractivity contribution in [2.45, 2.75) is 21.3 Å². The summed E-state index contributed by atoms with van der Waals surface area (Å²) in [6, 6.07) is -0.813. The first-order valence-electron chi connectivity index (χ1n) is 10.4. The number of fused-ring (bicyclic) bond motifs is 2. The molecule has 1 saturated heterocycles. The van der Waals surface area contributed by atoms with Crippen molar-refractivity contribution in [3.8, 4) is 0 Å².